The molecule has 0 aromatic heterocycles. The zero-order valence-corrected chi connectivity index (χ0v) is 7.31. The zero-order valence-electron chi connectivity index (χ0n) is 7.31. The Kier molecular flexibility index (Phi) is 4.04. The fraction of sp³-hybridized carbons (Fsp3) is 0.875. The first-order valence-electron chi connectivity index (χ1n) is 4.49. The summed E-state index contributed by atoms with van der Waals surface area (Å²) in [5, 5.41) is 6.35. The van der Waals surface area contributed by atoms with Gasteiger partial charge in [0.2, 0.25) is 5.91 Å². The summed E-state index contributed by atoms with van der Waals surface area (Å²) < 4.78 is 0. The normalized spacial score (nSPS) is 19.3. The highest BCUT2D eigenvalue weighted by Gasteiger charge is 2.11. The van der Waals surface area contributed by atoms with Gasteiger partial charge in [-0.25, -0.2) is 0 Å². The maximum atomic E-state index is 10.4. The minimum atomic E-state index is -0.274. The fourth-order valence-corrected chi connectivity index (χ4v) is 1.49. The molecule has 0 aliphatic carbocycles. The minimum absolute atomic E-state index is 0.274. The Bertz CT molecular complexity index is 143. The quantitative estimate of drug-likeness (QED) is 0.511. The van der Waals surface area contributed by atoms with Crippen LogP contribution in [-0.4, -0.2) is 32.1 Å². The van der Waals surface area contributed by atoms with Crippen molar-refractivity contribution in [2.45, 2.75) is 12.8 Å². The number of hydrogen-bond donors (Lipinski definition) is 3. The predicted molar refractivity (Wildman–Crippen MR) is 47.7 cm³/mol. The number of nitrogens with two attached hydrogens (primary N) is 1. The van der Waals surface area contributed by atoms with E-state index in [1.54, 1.807) is 0 Å². The van der Waals surface area contributed by atoms with Crippen molar-refractivity contribution in [1.82, 2.24) is 10.6 Å². The van der Waals surface area contributed by atoms with E-state index in [2.05, 4.69) is 10.6 Å². The van der Waals surface area contributed by atoms with Gasteiger partial charge < -0.3 is 16.4 Å². The number of carbonyl (C=O) groups is 1. The monoisotopic (exact) mass is 171 g/mol. The lowest BCUT2D eigenvalue weighted by molar-refractivity contribution is -0.117. The highest BCUT2D eigenvalue weighted by atomic mass is 16.1. The molecule has 0 atom stereocenters. The lowest BCUT2D eigenvalue weighted by Gasteiger charge is -2.22. The van der Waals surface area contributed by atoms with Crippen LogP contribution in [0.1, 0.15) is 12.8 Å². The van der Waals surface area contributed by atoms with Crippen molar-refractivity contribution in [2.75, 3.05) is 26.2 Å². The van der Waals surface area contributed by atoms with Gasteiger partial charge in [0, 0.05) is 0 Å². The average Bonchev–Trinajstić information content (AvgIpc) is 2.05. The summed E-state index contributed by atoms with van der Waals surface area (Å²) in [6.45, 7) is 3.43. The molecule has 1 aliphatic rings. The number of carbonyl (C=O) groups excluding carboxylic acids is 1. The fourth-order valence-electron chi connectivity index (χ4n) is 1.49. The van der Waals surface area contributed by atoms with Crippen molar-refractivity contribution in [1.29, 1.82) is 0 Å². The molecule has 1 fully saturated rings. The molecule has 4 heteroatoms. The lowest BCUT2D eigenvalue weighted by Crippen LogP contribution is -2.36. The first kappa shape index (κ1) is 9.48. The van der Waals surface area contributed by atoms with E-state index in [1.165, 1.54) is 12.8 Å². The molecule has 0 unspecified atom stereocenters. The van der Waals surface area contributed by atoms with Crippen molar-refractivity contribution < 1.29 is 4.79 Å². The zero-order chi connectivity index (χ0) is 8.81. The van der Waals surface area contributed by atoms with Crippen LogP contribution in [0.2, 0.25) is 0 Å². The first-order chi connectivity index (χ1) is 5.79. The number of nitrogens with one attached hydrogen (secondary N) is 2. The van der Waals surface area contributed by atoms with E-state index >= 15 is 0 Å². The second-order valence-electron chi connectivity index (χ2n) is 3.29. The Hall–Kier alpha value is -0.610. The predicted octanol–water partition coefficient (Wildman–Crippen LogP) is -0.939. The molecule has 1 aliphatic heterocycles. The molecular formula is C8H17N3O. The van der Waals surface area contributed by atoms with Crippen LogP contribution in [0.5, 0.6) is 0 Å². The Balaban J connectivity index is 2.01. The Morgan fingerprint density at radius 2 is 2.17 bits per heavy atom. The van der Waals surface area contributed by atoms with Crippen LogP contribution in [0.25, 0.3) is 0 Å². The molecule has 0 saturated carbocycles. The van der Waals surface area contributed by atoms with E-state index in [1.807, 2.05) is 0 Å². The highest BCUT2D eigenvalue weighted by molar-refractivity contribution is 5.75. The SMILES string of the molecule is NC(=O)CNCC1CCNCC1. The Labute approximate surface area is 72.9 Å². The summed E-state index contributed by atoms with van der Waals surface area (Å²) in [6, 6.07) is 0. The smallest absolute Gasteiger partial charge is 0.231 e. The van der Waals surface area contributed by atoms with E-state index in [0.717, 1.165) is 19.6 Å². The average molecular weight is 171 g/mol. The van der Waals surface area contributed by atoms with Gasteiger partial charge in [-0.15, -0.1) is 0 Å². The molecule has 12 heavy (non-hydrogen) atoms. The van der Waals surface area contributed by atoms with Crippen LogP contribution in [-0.2, 0) is 4.79 Å². The van der Waals surface area contributed by atoms with E-state index in [9.17, 15) is 4.79 Å². The van der Waals surface area contributed by atoms with Crippen LogP contribution < -0.4 is 16.4 Å². The number of amides is 1. The highest BCUT2D eigenvalue weighted by Crippen LogP contribution is 2.09. The van der Waals surface area contributed by atoms with E-state index in [0.29, 0.717) is 12.5 Å². The second-order valence-corrected chi connectivity index (χ2v) is 3.29. The molecular weight excluding hydrogens is 154 g/mol. The molecule has 0 aromatic rings. The van der Waals surface area contributed by atoms with Gasteiger partial charge in [-0.2, -0.15) is 0 Å². The molecule has 0 radical (unpaired) electrons. The molecule has 4 nitrogen and oxygen atoms in total. The lowest BCUT2D eigenvalue weighted by atomic mass is 9.98. The standard InChI is InChI=1S/C8H17N3O/c9-8(12)6-11-5-7-1-3-10-4-2-7/h7,10-11H,1-6H2,(H2,9,12). The number of rotatable bonds is 4. The van der Waals surface area contributed by atoms with Gasteiger partial charge in [0.15, 0.2) is 0 Å². The summed E-state index contributed by atoms with van der Waals surface area (Å²) in [5.41, 5.74) is 4.99. The van der Waals surface area contributed by atoms with Crippen molar-refractivity contribution in [3.63, 3.8) is 0 Å². The molecule has 1 amide bonds. The first-order valence-corrected chi connectivity index (χ1v) is 4.49. The third-order valence-corrected chi connectivity index (χ3v) is 2.19. The van der Waals surface area contributed by atoms with Crippen LogP contribution >= 0.6 is 0 Å². The number of hydrogen-bond acceptors (Lipinski definition) is 3. The van der Waals surface area contributed by atoms with Crippen molar-refractivity contribution in [2.24, 2.45) is 11.7 Å². The Morgan fingerprint density at radius 1 is 1.50 bits per heavy atom. The second kappa shape index (κ2) is 5.11. The Morgan fingerprint density at radius 3 is 2.75 bits per heavy atom. The van der Waals surface area contributed by atoms with Crippen LogP contribution in [0.3, 0.4) is 0 Å². The molecule has 0 spiro atoms. The molecule has 1 rings (SSSR count). The minimum Gasteiger partial charge on any atom is -0.369 e. The summed E-state index contributed by atoms with van der Waals surface area (Å²) in [7, 11) is 0. The van der Waals surface area contributed by atoms with E-state index in [-0.39, 0.29) is 5.91 Å². The summed E-state index contributed by atoms with van der Waals surface area (Å²) in [4.78, 5) is 10.4. The topological polar surface area (TPSA) is 67.2 Å². The van der Waals surface area contributed by atoms with Crippen LogP contribution in [0.4, 0.5) is 0 Å². The van der Waals surface area contributed by atoms with Crippen molar-refractivity contribution >= 4 is 5.91 Å². The van der Waals surface area contributed by atoms with E-state index < -0.39 is 0 Å². The van der Waals surface area contributed by atoms with Crippen molar-refractivity contribution in [3.8, 4) is 0 Å². The molecule has 0 bridgehead atoms. The summed E-state index contributed by atoms with van der Waals surface area (Å²) in [6.07, 6.45) is 2.40. The maximum absolute atomic E-state index is 10.4. The van der Waals surface area contributed by atoms with Gasteiger partial charge in [-0.1, -0.05) is 0 Å². The van der Waals surface area contributed by atoms with Crippen LogP contribution in [0.15, 0.2) is 0 Å². The maximum Gasteiger partial charge on any atom is 0.231 e. The van der Waals surface area contributed by atoms with Gasteiger partial charge in [-0.3, -0.25) is 4.79 Å². The van der Waals surface area contributed by atoms with E-state index in [4.69, 9.17) is 5.73 Å². The van der Waals surface area contributed by atoms with Crippen molar-refractivity contribution in [3.05, 3.63) is 0 Å². The number of primary amides is 1. The molecule has 1 saturated heterocycles. The van der Waals surface area contributed by atoms with Crippen LogP contribution in [0, 0.1) is 5.92 Å². The summed E-state index contributed by atoms with van der Waals surface area (Å²) >= 11 is 0. The third kappa shape index (κ3) is 3.69. The van der Waals surface area contributed by atoms with Gasteiger partial charge in [-0.05, 0) is 38.4 Å². The van der Waals surface area contributed by atoms with Gasteiger partial charge in [0.1, 0.15) is 0 Å². The molecule has 70 valence electrons. The largest absolute Gasteiger partial charge is 0.369 e. The molecule has 0 aromatic carbocycles. The van der Waals surface area contributed by atoms with Gasteiger partial charge in [0.25, 0.3) is 0 Å². The third-order valence-electron chi connectivity index (χ3n) is 2.19. The molecule has 1 heterocycles. The summed E-state index contributed by atoms with van der Waals surface area (Å²) in [5.74, 6) is 0.439. The molecule has 4 N–H and O–H groups in total. The van der Waals surface area contributed by atoms with Gasteiger partial charge in [0.05, 0.1) is 6.54 Å². The number of piperidine rings is 1. The van der Waals surface area contributed by atoms with Gasteiger partial charge >= 0.3 is 0 Å².